The molecule has 112 valence electrons. The summed E-state index contributed by atoms with van der Waals surface area (Å²) in [5.41, 5.74) is 2.67. The topological polar surface area (TPSA) is 36.4 Å². The molecule has 2 N–H and O–H groups in total. The van der Waals surface area contributed by atoms with E-state index in [1.807, 2.05) is 0 Å². The van der Waals surface area contributed by atoms with Crippen LogP contribution in [0.4, 0.5) is 0 Å². The highest BCUT2D eigenvalue weighted by molar-refractivity contribution is 5.80. The van der Waals surface area contributed by atoms with Gasteiger partial charge in [0.05, 0.1) is 6.54 Å². The van der Waals surface area contributed by atoms with Crippen molar-refractivity contribution in [1.82, 2.24) is 10.6 Å². The van der Waals surface area contributed by atoms with Gasteiger partial charge in [0.1, 0.15) is 0 Å². The highest BCUT2D eigenvalue weighted by Crippen LogP contribution is 2.24. The first-order valence-electron chi connectivity index (χ1n) is 7.47. The van der Waals surface area contributed by atoms with Gasteiger partial charge < -0.3 is 10.6 Å². The van der Waals surface area contributed by atoms with E-state index in [1.165, 1.54) is 11.1 Å². The Morgan fingerprint density at radius 1 is 1.30 bits per heavy atom. The molecule has 0 saturated carbocycles. The highest BCUT2D eigenvalue weighted by Gasteiger charge is 2.20. The fourth-order valence-corrected chi connectivity index (χ4v) is 2.03. The minimum absolute atomic E-state index is 0.0331. The van der Waals surface area contributed by atoms with Gasteiger partial charge in [-0.3, -0.25) is 4.99 Å². The van der Waals surface area contributed by atoms with Crippen molar-refractivity contribution in [1.29, 1.82) is 0 Å². The van der Waals surface area contributed by atoms with Crippen LogP contribution in [0.1, 0.15) is 45.7 Å². The van der Waals surface area contributed by atoms with Gasteiger partial charge in [0.2, 0.25) is 0 Å². The van der Waals surface area contributed by atoms with Crippen molar-refractivity contribution >= 4 is 5.96 Å². The molecule has 0 fully saturated rings. The maximum Gasteiger partial charge on any atom is 0.191 e. The Morgan fingerprint density at radius 3 is 2.55 bits per heavy atom. The van der Waals surface area contributed by atoms with Crippen LogP contribution in [0, 0.1) is 6.92 Å². The predicted octanol–water partition coefficient (Wildman–Crippen LogP) is 3.24. The lowest BCUT2D eigenvalue weighted by molar-refractivity contribution is 0.535. The maximum atomic E-state index is 4.73. The van der Waals surface area contributed by atoms with Gasteiger partial charge in [0.25, 0.3) is 0 Å². The van der Waals surface area contributed by atoms with Crippen molar-refractivity contribution in [2.24, 2.45) is 4.99 Å². The molecule has 0 aromatic heterocycles. The second-order valence-corrected chi connectivity index (χ2v) is 6.25. The van der Waals surface area contributed by atoms with E-state index in [0.29, 0.717) is 6.04 Å². The lowest BCUT2D eigenvalue weighted by Crippen LogP contribution is -2.41. The third-order valence-corrected chi connectivity index (χ3v) is 3.20. The van der Waals surface area contributed by atoms with E-state index in [9.17, 15) is 0 Å². The fraction of sp³-hybridized carbons (Fsp3) is 0.588. The molecule has 3 nitrogen and oxygen atoms in total. The van der Waals surface area contributed by atoms with E-state index in [1.54, 1.807) is 0 Å². The summed E-state index contributed by atoms with van der Waals surface area (Å²) in [4.78, 5) is 4.73. The van der Waals surface area contributed by atoms with Gasteiger partial charge >= 0.3 is 0 Å². The summed E-state index contributed by atoms with van der Waals surface area (Å²) in [7, 11) is 0. The molecule has 0 heterocycles. The van der Waals surface area contributed by atoms with Crippen LogP contribution in [0.15, 0.2) is 29.3 Å². The van der Waals surface area contributed by atoms with Crippen LogP contribution in [-0.4, -0.2) is 25.1 Å². The summed E-state index contributed by atoms with van der Waals surface area (Å²) in [6, 6.07) is 9.07. The molecule has 0 amide bonds. The van der Waals surface area contributed by atoms with Crippen LogP contribution in [0.25, 0.3) is 0 Å². The van der Waals surface area contributed by atoms with Gasteiger partial charge in [0, 0.05) is 18.0 Å². The molecule has 1 aromatic rings. The molecule has 1 rings (SSSR count). The molecule has 0 atom stereocenters. The van der Waals surface area contributed by atoms with E-state index < -0.39 is 0 Å². The average Bonchev–Trinajstić information content (AvgIpc) is 2.36. The number of guanidine groups is 1. The summed E-state index contributed by atoms with van der Waals surface area (Å²) >= 11 is 0. The van der Waals surface area contributed by atoms with Crippen LogP contribution < -0.4 is 10.6 Å². The molecule has 0 aliphatic heterocycles. The zero-order chi connectivity index (χ0) is 15.2. The normalized spacial score (nSPS) is 12.7. The van der Waals surface area contributed by atoms with E-state index in [4.69, 9.17) is 4.99 Å². The molecule has 1 aromatic carbocycles. The second kappa shape index (κ2) is 7.32. The summed E-state index contributed by atoms with van der Waals surface area (Å²) in [5.74, 6) is 0.892. The second-order valence-electron chi connectivity index (χ2n) is 6.25. The molecule has 0 aliphatic carbocycles. The molecular weight excluding hydrogens is 246 g/mol. The lowest BCUT2D eigenvalue weighted by atomic mass is 9.84. The third-order valence-electron chi connectivity index (χ3n) is 3.20. The molecule has 0 unspecified atom stereocenters. The van der Waals surface area contributed by atoms with Gasteiger partial charge in [-0.2, -0.15) is 0 Å². The van der Waals surface area contributed by atoms with Crippen LogP contribution in [0.5, 0.6) is 0 Å². The van der Waals surface area contributed by atoms with E-state index in [0.717, 1.165) is 19.0 Å². The summed E-state index contributed by atoms with van der Waals surface area (Å²) < 4.78 is 0. The number of nitrogens with zero attached hydrogens (tertiary/aromatic N) is 1. The Bertz CT molecular complexity index is 447. The number of hydrogen-bond acceptors (Lipinski definition) is 1. The monoisotopic (exact) mass is 275 g/mol. The third kappa shape index (κ3) is 5.24. The smallest absolute Gasteiger partial charge is 0.191 e. The Kier molecular flexibility index (Phi) is 6.05. The van der Waals surface area contributed by atoms with Crippen molar-refractivity contribution < 1.29 is 0 Å². The van der Waals surface area contributed by atoms with Crippen LogP contribution in [0.3, 0.4) is 0 Å². The molecule has 20 heavy (non-hydrogen) atoms. The quantitative estimate of drug-likeness (QED) is 0.639. The summed E-state index contributed by atoms with van der Waals surface area (Å²) in [6.45, 7) is 14.6. The van der Waals surface area contributed by atoms with Gasteiger partial charge in [0.15, 0.2) is 5.96 Å². The van der Waals surface area contributed by atoms with Gasteiger partial charge in [-0.15, -0.1) is 0 Å². The largest absolute Gasteiger partial charge is 0.357 e. The first-order valence-corrected chi connectivity index (χ1v) is 7.47. The fourth-order valence-electron chi connectivity index (χ4n) is 2.03. The Balaban J connectivity index is 2.82. The van der Waals surface area contributed by atoms with Crippen molar-refractivity contribution in [3.05, 3.63) is 35.4 Å². The Morgan fingerprint density at radius 2 is 2.00 bits per heavy atom. The van der Waals surface area contributed by atoms with Crippen LogP contribution in [0.2, 0.25) is 0 Å². The van der Waals surface area contributed by atoms with E-state index in [2.05, 4.69) is 76.4 Å². The van der Waals surface area contributed by atoms with Crippen LogP contribution in [-0.2, 0) is 5.41 Å². The van der Waals surface area contributed by atoms with Crippen molar-refractivity contribution in [2.75, 3.05) is 13.1 Å². The molecule has 0 spiro atoms. The van der Waals surface area contributed by atoms with Crippen molar-refractivity contribution in [3.8, 4) is 0 Å². The molecule has 0 aliphatic rings. The minimum Gasteiger partial charge on any atom is -0.357 e. The molecular formula is C17H29N3. The zero-order valence-electron chi connectivity index (χ0n) is 13.7. The number of aliphatic imine (C=N–C) groups is 1. The Hall–Kier alpha value is -1.51. The van der Waals surface area contributed by atoms with E-state index in [-0.39, 0.29) is 5.41 Å². The first kappa shape index (κ1) is 16.5. The minimum atomic E-state index is 0.0331. The predicted molar refractivity (Wildman–Crippen MR) is 88.5 cm³/mol. The van der Waals surface area contributed by atoms with Gasteiger partial charge in [-0.05, 0) is 33.3 Å². The maximum absolute atomic E-state index is 4.73. The SMILES string of the molecule is CCNC(=NCC(C)(C)c1cccc(C)c1)NC(C)C. The first-order chi connectivity index (χ1) is 9.35. The standard InChI is InChI=1S/C17H29N3/c1-7-18-16(20-13(2)3)19-12-17(5,6)15-10-8-9-14(4)11-15/h8-11,13H,7,12H2,1-6H3,(H2,18,19,20). The molecule has 0 saturated heterocycles. The van der Waals surface area contributed by atoms with Gasteiger partial charge in [-0.1, -0.05) is 43.7 Å². The average molecular weight is 275 g/mol. The zero-order valence-corrected chi connectivity index (χ0v) is 13.7. The summed E-state index contributed by atoms with van der Waals surface area (Å²) in [5, 5.41) is 6.64. The van der Waals surface area contributed by atoms with Crippen LogP contribution >= 0.6 is 0 Å². The number of benzene rings is 1. The number of nitrogens with one attached hydrogen (secondary N) is 2. The Labute approximate surface area is 123 Å². The highest BCUT2D eigenvalue weighted by atomic mass is 15.2. The molecule has 3 heteroatoms. The summed E-state index contributed by atoms with van der Waals surface area (Å²) in [6.07, 6.45) is 0. The lowest BCUT2D eigenvalue weighted by Gasteiger charge is -2.24. The number of hydrogen-bond donors (Lipinski definition) is 2. The van der Waals surface area contributed by atoms with E-state index >= 15 is 0 Å². The van der Waals surface area contributed by atoms with Crippen molar-refractivity contribution in [3.63, 3.8) is 0 Å². The molecule has 0 radical (unpaired) electrons. The van der Waals surface area contributed by atoms with Gasteiger partial charge in [-0.25, -0.2) is 0 Å². The molecule has 0 bridgehead atoms. The van der Waals surface area contributed by atoms with Crippen molar-refractivity contribution in [2.45, 2.75) is 53.0 Å². The number of aryl methyl sites for hydroxylation is 1. The number of rotatable bonds is 5.